The second-order valence-electron chi connectivity index (χ2n) is 4.91. The van der Waals surface area contributed by atoms with E-state index in [4.69, 9.17) is 0 Å². The summed E-state index contributed by atoms with van der Waals surface area (Å²) in [4.78, 5) is 18.5. The lowest BCUT2D eigenvalue weighted by atomic mass is 10.2. The van der Waals surface area contributed by atoms with Gasteiger partial charge in [-0.15, -0.1) is 0 Å². The van der Waals surface area contributed by atoms with E-state index in [1.165, 1.54) is 12.8 Å². The second-order valence-corrected chi connectivity index (χ2v) is 4.91. The predicted molar refractivity (Wildman–Crippen MR) is 73.0 cm³/mol. The maximum Gasteiger partial charge on any atom is 0.293 e. The van der Waals surface area contributed by atoms with Gasteiger partial charge in [0, 0.05) is 38.6 Å². The first-order valence-electron chi connectivity index (χ1n) is 6.72. The molecule has 5 nitrogen and oxygen atoms in total. The predicted octanol–water partition coefficient (Wildman–Crippen LogP) is 0.749. The average Bonchev–Trinajstić information content (AvgIpc) is 2.85. The third-order valence-corrected chi connectivity index (χ3v) is 3.39. The van der Waals surface area contributed by atoms with E-state index < -0.39 is 0 Å². The lowest BCUT2D eigenvalue weighted by molar-refractivity contribution is 0.572. The van der Waals surface area contributed by atoms with Crippen LogP contribution in [0.2, 0.25) is 0 Å². The number of hydrogen-bond acceptors (Lipinski definition) is 4. The molecule has 1 aliphatic heterocycles. The maximum atomic E-state index is 12.1. The highest BCUT2D eigenvalue weighted by Gasteiger charge is 2.20. The monoisotopic (exact) mass is 250 g/mol. The molecule has 0 amide bonds. The summed E-state index contributed by atoms with van der Waals surface area (Å²) in [5.74, 6) is 0.579. The summed E-state index contributed by atoms with van der Waals surface area (Å²) in [5, 5.41) is 3.47. The standard InChI is InChI=1S/C13H22N4O/c1-3-8-17(10-11-5-4-6-14-11)12-13(18)16(2)9-7-15-12/h7,9,11,14H,3-6,8,10H2,1-2H3. The first-order valence-corrected chi connectivity index (χ1v) is 6.72. The molecule has 18 heavy (non-hydrogen) atoms. The Balaban J connectivity index is 2.17. The molecule has 2 heterocycles. The number of aryl methyl sites for hydroxylation is 1. The molecule has 0 aromatic carbocycles. The van der Waals surface area contributed by atoms with Gasteiger partial charge in [-0.1, -0.05) is 6.92 Å². The minimum atomic E-state index is -0.0102. The van der Waals surface area contributed by atoms with Gasteiger partial charge in [-0.25, -0.2) is 4.98 Å². The fourth-order valence-electron chi connectivity index (χ4n) is 2.43. The van der Waals surface area contributed by atoms with E-state index in [2.05, 4.69) is 22.1 Å². The molecule has 1 N–H and O–H groups in total. The van der Waals surface area contributed by atoms with Crippen molar-refractivity contribution in [3.63, 3.8) is 0 Å². The number of aromatic nitrogens is 2. The van der Waals surface area contributed by atoms with Gasteiger partial charge in [0.15, 0.2) is 5.82 Å². The molecule has 0 radical (unpaired) electrons. The molecular formula is C13H22N4O. The van der Waals surface area contributed by atoms with Crippen molar-refractivity contribution in [1.29, 1.82) is 0 Å². The van der Waals surface area contributed by atoms with Crippen LogP contribution in [-0.2, 0) is 7.05 Å². The molecule has 1 saturated heterocycles. The Morgan fingerprint density at radius 2 is 2.44 bits per heavy atom. The second kappa shape index (κ2) is 6.00. The highest BCUT2D eigenvalue weighted by molar-refractivity contribution is 5.35. The number of nitrogens with zero attached hydrogens (tertiary/aromatic N) is 3. The Labute approximate surface area is 108 Å². The van der Waals surface area contributed by atoms with E-state index in [1.807, 2.05) is 0 Å². The smallest absolute Gasteiger partial charge is 0.293 e. The highest BCUT2D eigenvalue weighted by atomic mass is 16.1. The first-order chi connectivity index (χ1) is 8.72. The summed E-state index contributed by atoms with van der Waals surface area (Å²) in [7, 11) is 1.77. The van der Waals surface area contributed by atoms with Crippen molar-refractivity contribution in [3.05, 3.63) is 22.7 Å². The van der Waals surface area contributed by atoms with Crippen LogP contribution in [0.15, 0.2) is 17.2 Å². The van der Waals surface area contributed by atoms with E-state index in [-0.39, 0.29) is 5.56 Å². The fraction of sp³-hybridized carbons (Fsp3) is 0.692. The molecule has 1 unspecified atom stereocenters. The van der Waals surface area contributed by atoms with E-state index in [1.54, 1.807) is 24.0 Å². The van der Waals surface area contributed by atoms with Crippen LogP contribution < -0.4 is 15.8 Å². The molecule has 0 aliphatic carbocycles. The van der Waals surface area contributed by atoms with Crippen LogP contribution in [0.25, 0.3) is 0 Å². The van der Waals surface area contributed by atoms with Gasteiger partial charge in [-0.3, -0.25) is 4.79 Å². The largest absolute Gasteiger partial charge is 0.350 e. The Hall–Kier alpha value is -1.36. The van der Waals surface area contributed by atoms with Gasteiger partial charge < -0.3 is 14.8 Å². The van der Waals surface area contributed by atoms with Gasteiger partial charge in [0.1, 0.15) is 0 Å². The van der Waals surface area contributed by atoms with Gasteiger partial charge >= 0.3 is 0 Å². The molecule has 1 aliphatic rings. The van der Waals surface area contributed by atoms with Gasteiger partial charge in [0.2, 0.25) is 0 Å². The molecular weight excluding hydrogens is 228 g/mol. The van der Waals surface area contributed by atoms with Gasteiger partial charge in [-0.2, -0.15) is 0 Å². The van der Waals surface area contributed by atoms with Crippen molar-refractivity contribution in [2.45, 2.75) is 32.2 Å². The summed E-state index contributed by atoms with van der Waals surface area (Å²) in [5.41, 5.74) is -0.0102. The van der Waals surface area contributed by atoms with Gasteiger partial charge in [0.25, 0.3) is 5.56 Å². The maximum absolute atomic E-state index is 12.1. The minimum absolute atomic E-state index is 0.0102. The quantitative estimate of drug-likeness (QED) is 0.838. The number of rotatable bonds is 5. The molecule has 1 fully saturated rings. The fourth-order valence-corrected chi connectivity index (χ4v) is 2.43. The highest BCUT2D eigenvalue weighted by Crippen LogP contribution is 2.11. The Kier molecular flexibility index (Phi) is 4.36. The molecule has 0 saturated carbocycles. The zero-order chi connectivity index (χ0) is 13.0. The third-order valence-electron chi connectivity index (χ3n) is 3.39. The molecule has 2 rings (SSSR count). The van der Waals surface area contributed by atoms with Crippen LogP contribution in [0.1, 0.15) is 26.2 Å². The summed E-state index contributed by atoms with van der Waals surface area (Å²) < 4.78 is 1.59. The van der Waals surface area contributed by atoms with Crippen LogP contribution in [0, 0.1) is 0 Å². The van der Waals surface area contributed by atoms with Crippen molar-refractivity contribution in [1.82, 2.24) is 14.9 Å². The molecule has 1 aromatic heterocycles. The van der Waals surface area contributed by atoms with E-state index in [9.17, 15) is 4.79 Å². The molecule has 1 aromatic rings. The Morgan fingerprint density at radius 1 is 1.61 bits per heavy atom. The summed E-state index contributed by atoms with van der Waals surface area (Å²) in [6, 6.07) is 0.489. The third kappa shape index (κ3) is 2.90. The zero-order valence-electron chi connectivity index (χ0n) is 11.2. The van der Waals surface area contributed by atoms with Crippen LogP contribution in [-0.4, -0.2) is 35.2 Å². The number of hydrogen-bond donors (Lipinski definition) is 1. The van der Waals surface area contributed by atoms with Crippen molar-refractivity contribution >= 4 is 5.82 Å². The van der Waals surface area contributed by atoms with Crippen LogP contribution in [0.4, 0.5) is 5.82 Å². The topological polar surface area (TPSA) is 50.2 Å². The van der Waals surface area contributed by atoms with Crippen LogP contribution in [0.5, 0.6) is 0 Å². The molecule has 0 bridgehead atoms. The molecule has 100 valence electrons. The Bertz CT molecular complexity index is 437. The summed E-state index contributed by atoms with van der Waals surface area (Å²) in [6.07, 6.45) is 6.83. The summed E-state index contributed by atoms with van der Waals surface area (Å²) >= 11 is 0. The van der Waals surface area contributed by atoms with E-state index >= 15 is 0 Å². The average molecular weight is 250 g/mol. The van der Waals surface area contributed by atoms with E-state index in [0.717, 1.165) is 26.1 Å². The molecule has 1 atom stereocenters. The molecule has 5 heteroatoms. The van der Waals surface area contributed by atoms with Crippen LogP contribution >= 0.6 is 0 Å². The zero-order valence-corrected chi connectivity index (χ0v) is 11.2. The van der Waals surface area contributed by atoms with Gasteiger partial charge in [-0.05, 0) is 25.8 Å². The lowest BCUT2D eigenvalue weighted by Crippen LogP contribution is -2.41. The summed E-state index contributed by atoms with van der Waals surface area (Å²) in [6.45, 7) is 4.97. The van der Waals surface area contributed by atoms with Crippen molar-refractivity contribution in [3.8, 4) is 0 Å². The Morgan fingerprint density at radius 3 is 3.11 bits per heavy atom. The minimum Gasteiger partial charge on any atom is -0.350 e. The number of nitrogens with one attached hydrogen (secondary N) is 1. The molecule has 0 spiro atoms. The van der Waals surface area contributed by atoms with Crippen LogP contribution in [0.3, 0.4) is 0 Å². The van der Waals surface area contributed by atoms with Crippen molar-refractivity contribution in [2.24, 2.45) is 7.05 Å². The van der Waals surface area contributed by atoms with Crippen molar-refractivity contribution < 1.29 is 0 Å². The van der Waals surface area contributed by atoms with E-state index in [0.29, 0.717) is 11.9 Å². The van der Waals surface area contributed by atoms with Crippen molar-refractivity contribution in [2.75, 3.05) is 24.5 Å². The normalized spacial score (nSPS) is 19.1. The first kappa shape index (κ1) is 13.1. The number of anilines is 1. The lowest BCUT2D eigenvalue weighted by Gasteiger charge is -2.25. The van der Waals surface area contributed by atoms with Gasteiger partial charge in [0.05, 0.1) is 0 Å². The SMILES string of the molecule is CCCN(CC1CCCN1)c1nccn(C)c1=O.